The number of carbonyl (C=O) groups is 1. The molecular weight excluding hydrogens is 426 g/mol. The second kappa shape index (κ2) is 10.1. The average molecular weight is 452 g/mol. The van der Waals surface area contributed by atoms with Gasteiger partial charge in [0.05, 0.1) is 37.1 Å². The summed E-state index contributed by atoms with van der Waals surface area (Å²) in [6.07, 6.45) is 1.47. The topological polar surface area (TPSA) is 128 Å². The number of anilines is 1. The third kappa shape index (κ3) is 6.07. The van der Waals surface area contributed by atoms with E-state index < -0.39 is 33.4 Å². The quantitative estimate of drug-likeness (QED) is 0.434. The van der Waals surface area contributed by atoms with Crippen LogP contribution < -0.4 is 19.1 Å². The van der Waals surface area contributed by atoms with Crippen molar-refractivity contribution < 1.29 is 27.6 Å². The molecule has 10 nitrogen and oxygen atoms in total. The molecule has 0 aliphatic rings. The lowest BCUT2D eigenvalue weighted by Crippen LogP contribution is -2.41. The minimum Gasteiger partial charge on any atom is -0.493 e. The highest BCUT2D eigenvalue weighted by Gasteiger charge is 2.24. The second-order valence-corrected chi connectivity index (χ2v) is 8.60. The van der Waals surface area contributed by atoms with E-state index in [4.69, 9.17) is 9.47 Å². The van der Waals surface area contributed by atoms with Crippen molar-refractivity contribution in [1.82, 2.24) is 5.32 Å². The zero-order valence-electron chi connectivity index (χ0n) is 17.7. The molecule has 0 saturated carbocycles. The van der Waals surface area contributed by atoms with Crippen LogP contribution in [0.25, 0.3) is 0 Å². The highest BCUT2D eigenvalue weighted by Crippen LogP contribution is 2.31. The maximum Gasteiger partial charge on any atom is 0.271 e. The maximum atomic E-state index is 12.7. The summed E-state index contributed by atoms with van der Waals surface area (Å²) in [4.78, 5) is 23.1. The van der Waals surface area contributed by atoms with E-state index in [0.717, 1.165) is 22.2 Å². The van der Waals surface area contributed by atoms with Crippen molar-refractivity contribution in [2.45, 2.75) is 19.4 Å². The summed E-state index contributed by atoms with van der Waals surface area (Å²) in [6.45, 7) is 1.35. The minimum absolute atomic E-state index is 0.0333. The zero-order valence-corrected chi connectivity index (χ0v) is 18.5. The number of hydrogen-bond acceptors (Lipinski definition) is 7. The summed E-state index contributed by atoms with van der Waals surface area (Å²) in [7, 11) is -0.847. The minimum atomic E-state index is -3.87. The number of non-ortho nitro benzene ring substituents is 1. The first-order valence-corrected chi connectivity index (χ1v) is 11.2. The molecule has 31 heavy (non-hydrogen) atoms. The summed E-state index contributed by atoms with van der Waals surface area (Å²) >= 11 is 0. The van der Waals surface area contributed by atoms with Crippen molar-refractivity contribution in [1.29, 1.82) is 0 Å². The summed E-state index contributed by atoms with van der Waals surface area (Å²) in [6, 6.07) is 9.95. The Labute approximate surface area is 181 Å². The number of nitro benzene ring substituents is 1. The fraction of sp³-hybridized carbons (Fsp3) is 0.350. The first-order valence-electron chi connectivity index (χ1n) is 9.34. The van der Waals surface area contributed by atoms with Gasteiger partial charge in [0, 0.05) is 12.1 Å². The van der Waals surface area contributed by atoms with E-state index in [1.54, 1.807) is 18.2 Å². The third-order valence-electron chi connectivity index (χ3n) is 4.57. The van der Waals surface area contributed by atoms with Crippen molar-refractivity contribution >= 4 is 27.3 Å². The first kappa shape index (κ1) is 23.9. The van der Waals surface area contributed by atoms with Crippen LogP contribution in [0.2, 0.25) is 0 Å². The highest BCUT2D eigenvalue weighted by molar-refractivity contribution is 7.92. The molecule has 0 saturated heterocycles. The van der Waals surface area contributed by atoms with Gasteiger partial charge in [-0.05, 0) is 30.2 Å². The predicted molar refractivity (Wildman–Crippen MR) is 116 cm³/mol. The number of sulfonamides is 1. The number of carbonyl (C=O) groups excluding carboxylic acids is 1. The van der Waals surface area contributed by atoms with Gasteiger partial charge in [-0.15, -0.1) is 0 Å². The van der Waals surface area contributed by atoms with Gasteiger partial charge in [0.15, 0.2) is 11.5 Å². The van der Waals surface area contributed by atoms with Gasteiger partial charge in [-0.1, -0.05) is 19.1 Å². The second-order valence-electron chi connectivity index (χ2n) is 6.69. The average Bonchev–Trinajstić information content (AvgIpc) is 2.74. The number of nitrogens with one attached hydrogen (secondary N) is 1. The normalized spacial score (nSPS) is 12.0. The Hall–Kier alpha value is -3.34. The van der Waals surface area contributed by atoms with Crippen molar-refractivity contribution in [3.05, 3.63) is 58.1 Å². The molecule has 0 fully saturated rings. The fourth-order valence-electron chi connectivity index (χ4n) is 3.02. The van der Waals surface area contributed by atoms with E-state index in [-0.39, 0.29) is 11.4 Å². The Morgan fingerprint density at radius 2 is 1.84 bits per heavy atom. The van der Waals surface area contributed by atoms with Crippen molar-refractivity contribution in [2.24, 2.45) is 0 Å². The molecule has 0 aliphatic heterocycles. The standard InChI is InChI=1S/C20H25N3O7S/c1-5-17(14-9-10-18(29-2)19(11-14)30-3)21-20(24)13-22(31(4,27)28)15-7-6-8-16(12-15)23(25)26/h6-12,17H,5,13H2,1-4H3,(H,21,24). The number of nitro groups is 1. The molecule has 0 aromatic heterocycles. The van der Waals surface area contributed by atoms with E-state index in [0.29, 0.717) is 17.9 Å². The lowest BCUT2D eigenvalue weighted by molar-refractivity contribution is -0.384. The Kier molecular flexibility index (Phi) is 7.81. The van der Waals surface area contributed by atoms with Gasteiger partial charge in [-0.3, -0.25) is 19.2 Å². The van der Waals surface area contributed by atoms with Crippen LogP contribution in [0, 0.1) is 10.1 Å². The Morgan fingerprint density at radius 3 is 2.39 bits per heavy atom. The lowest BCUT2D eigenvalue weighted by atomic mass is 10.0. The number of amides is 1. The Bertz CT molecular complexity index is 1060. The van der Waals surface area contributed by atoms with Crippen LogP contribution >= 0.6 is 0 Å². The maximum absolute atomic E-state index is 12.7. The number of ether oxygens (including phenoxy) is 2. The largest absolute Gasteiger partial charge is 0.493 e. The summed E-state index contributed by atoms with van der Waals surface area (Å²) in [5, 5.41) is 13.8. The Balaban J connectivity index is 2.26. The van der Waals surface area contributed by atoms with Crippen molar-refractivity contribution in [3.63, 3.8) is 0 Å². The zero-order chi connectivity index (χ0) is 23.2. The summed E-state index contributed by atoms with van der Waals surface area (Å²) < 4.78 is 35.9. The monoisotopic (exact) mass is 451 g/mol. The lowest BCUT2D eigenvalue weighted by Gasteiger charge is -2.24. The van der Waals surface area contributed by atoms with Gasteiger partial charge in [-0.25, -0.2) is 8.42 Å². The van der Waals surface area contributed by atoms with Crippen molar-refractivity contribution in [2.75, 3.05) is 31.3 Å². The summed E-state index contributed by atoms with van der Waals surface area (Å²) in [5.41, 5.74) is 0.518. The molecule has 0 bridgehead atoms. The molecule has 1 unspecified atom stereocenters. The van der Waals surface area contributed by atoms with E-state index in [2.05, 4.69) is 5.32 Å². The van der Waals surface area contributed by atoms with Crippen LogP contribution in [0.15, 0.2) is 42.5 Å². The molecule has 1 amide bonds. The molecule has 0 aliphatic carbocycles. The van der Waals surface area contributed by atoms with Gasteiger partial charge in [0.2, 0.25) is 15.9 Å². The molecule has 2 aromatic carbocycles. The van der Waals surface area contributed by atoms with E-state index in [1.165, 1.54) is 32.4 Å². The molecule has 1 atom stereocenters. The molecule has 0 heterocycles. The Morgan fingerprint density at radius 1 is 1.16 bits per heavy atom. The molecule has 11 heteroatoms. The van der Waals surface area contributed by atoms with Crippen LogP contribution in [-0.4, -0.2) is 46.3 Å². The number of rotatable bonds is 10. The van der Waals surface area contributed by atoms with E-state index >= 15 is 0 Å². The molecule has 1 N–H and O–H groups in total. The van der Waals surface area contributed by atoms with Crippen molar-refractivity contribution in [3.8, 4) is 11.5 Å². The van der Waals surface area contributed by atoms with Gasteiger partial charge in [0.25, 0.3) is 5.69 Å². The number of hydrogen-bond donors (Lipinski definition) is 1. The molecular formula is C20H25N3O7S. The van der Waals surface area contributed by atoms with E-state index in [1.807, 2.05) is 6.92 Å². The van der Waals surface area contributed by atoms with Crippen LogP contribution in [0.5, 0.6) is 11.5 Å². The van der Waals surface area contributed by atoms with Crippen LogP contribution in [0.1, 0.15) is 24.9 Å². The first-order chi connectivity index (χ1) is 14.6. The van der Waals surface area contributed by atoms with Gasteiger partial charge in [-0.2, -0.15) is 0 Å². The van der Waals surface area contributed by atoms with Gasteiger partial charge < -0.3 is 14.8 Å². The number of benzene rings is 2. The predicted octanol–water partition coefficient (Wildman–Crippen LogP) is 2.65. The molecule has 2 aromatic rings. The molecule has 0 radical (unpaired) electrons. The summed E-state index contributed by atoms with van der Waals surface area (Å²) in [5.74, 6) is 0.488. The van der Waals surface area contributed by atoms with E-state index in [9.17, 15) is 23.3 Å². The number of nitrogens with zero attached hydrogens (tertiary/aromatic N) is 2. The smallest absolute Gasteiger partial charge is 0.271 e. The van der Waals surface area contributed by atoms with Crippen LogP contribution in [-0.2, 0) is 14.8 Å². The highest BCUT2D eigenvalue weighted by atomic mass is 32.2. The van der Waals surface area contributed by atoms with Gasteiger partial charge in [0.1, 0.15) is 6.54 Å². The van der Waals surface area contributed by atoms with Crippen LogP contribution in [0.3, 0.4) is 0 Å². The van der Waals surface area contributed by atoms with Gasteiger partial charge >= 0.3 is 0 Å². The SMILES string of the molecule is CCC(NC(=O)CN(c1cccc([N+](=O)[O-])c1)S(C)(=O)=O)c1ccc(OC)c(OC)c1. The third-order valence-corrected chi connectivity index (χ3v) is 5.71. The fourth-order valence-corrected chi connectivity index (χ4v) is 3.87. The molecule has 0 spiro atoms. The van der Waals surface area contributed by atoms with Crippen LogP contribution in [0.4, 0.5) is 11.4 Å². The number of methoxy groups -OCH3 is 2. The molecule has 168 valence electrons. The molecule has 2 rings (SSSR count).